The van der Waals surface area contributed by atoms with Gasteiger partial charge in [0.05, 0.1) is 4.21 Å². The Balaban J connectivity index is 2.05. The highest BCUT2D eigenvalue weighted by atomic mass is 32.2. The first-order chi connectivity index (χ1) is 7.25. The van der Waals surface area contributed by atoms with Crippen molar-refractivity contribution in [2.75, 3.05) is 5.75 Å². The van der Waals surface area contributed by atoms with E-state index in [1.807, 2.05) is 12.1 Å². The Labute approximate surface area is 96.5 Å². The molecular formula is C11H11NOS2. The van der Waals surface area contributed by atoms with Gasteiger partial charge in [0.2, 0.25) is 5.91 Å². The van der Waals surface area contributed by atoms with Gasteiger partial charge in [-0.05, 0) is 17.5 Å². The summed E-state index contributed by atoms with van der Waals surface area (Å²) in [6.07, 6.45) is 0.443. The van der Waals surface area contributed by atoms with Crippen molar-refractivity contribution in [1.29, 1.82) is 0 Å². The zero-order valence-electron chi connectivity index (χ0n) is 8.10. The molecule has 4 heteroatoms. The van der Waals surface area contributed by atoms with Gasteiger partial charge >= 0.3 is 0 Å². The highest BCUT2D eigenvalue weighted by Gasteiger charge is 2.02. The van der Waals surface area contributed by atoms with E-state index in [0.29, 0.717) is 6.42 Å². The van der Waals surface area contributed by atoms with Crippen molar-refractivity contribution in [2.45, 2.75) is 10.6 Å². The van der Waals surface area contributed by atoms with Crippen LogP contribution in [0, 0.1) is 0 Å². The van der Waals surface area contributed by atoms with Crippen LogP contribution >= 0.6 is 23.1 Å². The lowest BCUT2D eigenvalue weighted by atomic mass is 10.3. The van der Waals surface area contributed by atoms with Gasteiger partial charge in [0.15, 0.2) is 0 Å². The van der Waals surface area contributed by atoms with Gasteiger partial charge in [-0.1, -0.05) is 18.2 Å². The van der Waals surface area contributed by atoms with Gasteiger partial charge in [0.1, 0.15) is 0 Å². The van der Waals surface area contributed by atoms with E-state index in [0.717, 1.165) is 5.75 Å². The Bertz CT molecular complexity index is 445. The SMILES string of the molecule is NC(=O)CCSc1cc2ccccc2s1. The van der Waals surface area contributed by atoms with Crippen LogP contribution in [0.3, 0.4) is 0 Å². The first-order valence-corrected chi connectivity index (χ1v) is 6.45. The van der Waals surface area contributed by atoms with Crippen molar-refractivity contribution in [3.63, 3.8) is 0 Å². The third-order valence-electron chi connectivity index (χ3n) is 2.00. The molecule has 0 aliphatic rings. The summed E-state index contributed by atoms with van der Waals surface area (Å²) in [5.41, 5.74) is 5.08. The first-order valence-electron chi connectivity index (χ1n) is 4.65. The molecule has 0 bridgehead atoms. The molecule has 78 valence electrons. The van der Waals surface area contributed by atoms with E-state index in [1.165, 1.54) is 14.3 Å². The van der Waals surface area contributed by atoms with Crippen LogP contribution in [0.1, 0.15) is 6.42 Å². The lowest BCUT2D eigenvalue weighted by Gasteiger charge is -1.93. The van der Waals surface area contributed by atoms with E-state index in [2.05, 4.69) is 18.2 Å². The Hall–Kier alpha value is -1.00. The second kappa shape index (κ2) is 4.68. The maximum Gasteiger partial charge on any atom is 0.218 e. The number of nitrogens with two attached hydrogens (primary N) is 1. The third kappa shape index (κ3) is 2.73. The lowest BCUT2D eigenvalue weighted by Crippen LogP contribution is -2.10. The summed E-state index contributed by atoms with van der Waals surface area (Å²) < 4.78 is 2.54. The minimum Gasteiger partial charge on any atom is -0.370 e. The number of amides is 1. The predicted octanol–water partition coefficient (Wildman–Crippen LogP) is 2.87. The molecule has 0 atom stereocenters. The van der Waals surface area contributed by atoms with Crippen LogP contribution < -0.4 is 5.73 Å². The maximum atomic E-state index is 10.6. The van der Waals surface area contributed by atoms with Crippen molar-refractivity contribution < 1.29 is 4.79 Å². The molecule has 0 radical (unpaired) electrons. The van der Waals surface area contributed by atoms with E-state index < -0.39 is 0 Å². The molecule has 0 fully saturated rings. The Kier molecular flexibility index (Phi) is 3.28. The summed E-state index contributed by atoms with van der Waals surface area (Å²) in [5, 5.41) is 1.27. The molecule has 1 amide bonds. The normalized spacial score (nSPS) is 10.7. The highest BCUT2D eigenvalue weighted by Crippen LogP contribution is 2.32. The number of carbonyl (C=O) groups excluding carboxylic acids is 1. The number of thioether (sulfide) groups is 1. The zero-order chi connectivity index (χ0) is 10.7. The molecule has 1 aromatic heterocycles. The number of benzene rings is 1. The number of rotatable bonds is 4. The predicted molar refractivity (Wildman–Crippen MR) is 66.4 cm³/mol. The van der Waals surface area contributed by atoms with E-state index in [9.17, 15) is 4.79 Å². The maximum absolute atomic E-state index is 10.6. The number of hydrogen-bond donors (Lipinski definition) is 1. The molecule has 15 heavy (non-hydrogen) atoms. The fourth-order valence-corrected chi connectivity index (χ4v) is 3.54. The Morgan fingerprint density at radius 1 is 1.40 bits per heavy atom. The zero-order valence-corrected chi connectivity index (χ0v) is 9.74. The van der Waals surface area contributed by atoms with Crippen molar-refractivity contribution in [3.8, 4) is 0 Å². The van der Waals surface area contributed by atoms with Gasteiger partial charge < -0.3 is 5.73 Å². The molecule has 0 aliphatic carbocycles. The molecule has 2 nitrogen and oxygen atoms in total. The molecule has 2 N–H and O–H groups in total. The van der Waals surface area contributed by atoms with Crippen LogP contribution in [-0.4, -0.2) is 11.7 Å². The monoisotopic (exact) mass is 237 g/mol. The third-order valence-corrected chi connectivity index (χ3v) is 4.32. The lowest BCUT2D eigenvalue weighted by molar-refractivity contribution is -0.117. The summed E-state index contributed by atoms with van der Waals surface area (Å²) in [6.45, 7) is 0. The molecule has 1 aromatic carbocycles. The molecule has 0 unspecified atom stereocenters. The molecule has 0 aliphatic heterocycles. The number of carbonyl (C=O) groups is 1. The van der Waals surface area contributed by atoms with Crippen molar-refractivity contribution in [2.24, 2.45) is 5.73 Å². The summed E-state index contributed by atoms with van der Waals surface area (Å²) in [6, 6.07) is 10.4. The molecular weight excluding hydrogens is 226 g/mol. The quantitative estimate of drug-likeness (QED) is 0.831. The second-order valence-corrected chi connectivity index (χ2v) is 5.65. The van der Waals surface area contributed by atoms with Crippen molar-refractivity contribution in [1.82, 2.24) is 0 Å². The van der Waals surface area contributed by atoms with Crippen LogP contribution in [0.15, 0.2) is 34.5 Å². The summed E-state index contributed by atoms with van der Waals surface area (Å²) in [4.78, 5) is 10.6. The van der Waals surface area contributed by atoms with Crippen molar-refractivity contribution >= 4 is 39.1 Å². The largest absolute Gasteiger partial charge is 0.370 e. The van der Waals surface area contributed by atoms with E-state index >= 15 is 0 Å². The molecule has 0 saturated carbocycles. The molecule has 2 aromatic rings. The summed E-state index contributed by atoms with van der Waals surface area (Å²) in [5.74, 6) is 0.533. The minimum absolute atomic E-state index is 0.233. The number of primary amides is 1. The molecule has 1 heterocycles. The van der Waals surface area contributed by atoms with Gasteiger partial charge in [-0.15, -0.1) is 23.1 Å². The summed E-state index contributed by atoms with van der Waals surface area (Å²) in [7, 11) is 0. The van der Waals surface area contributed by atoms with E-state index in [4.69, 9.17) is 5.73 Å². The number of hydrogen-bond acceptors (Lipinski definition) is 3. The van der Waals surface area contributed by atoms with Crippen LogP contribution in [-0.2, 0) is 4.79 Å². The van der Waals surface area contributed by atoms with E-state index in [1.54, 1.807) is 23.1 Å². The van der Waals surface area contributed by atoms with Gasteiger partial charge in [0.25, 0.3) is 0 Å². The summed E-state index contributed by atoms with van der Waals surface area (Å²) >= 11 is 3.45. The minimum atomic E-state index is -0.233. The number of thiophene rings is 1. The van der Waals surface area contributed by atoms with Crippen LogP contribution in [0.5, 0.6) is 0 Å². The standard InChI is InChI=1S/C11H11NOS2/c12-10(13)5-6-14-11-7-8-3-1-2-4-9(8)15-11/h1-4,7H,5-6H2,(H2,12,13). The van der Waals surface area contributed by atoms with Gasteiger partial charge in [-0.2, -0.15) is 0 Å². The fraction of sp³-hybridized carbons (Fsp3) is 0.182. The fourth-order valence-electron chi connectivity index (χ4n) is 1.28. The highest BCUT2D eigenvalue weighted by molar-refractivity contribution is 8.01. The molecule has 0 saturated heterocycles. The Morgan fingerprint density at radius 2 is 2.20 bits per heavy atom. The van der Waals surface area contributed by atoms with Crippen molar-refractivity contribution in [3.05, 3.63) is 30.3 Å². The Morgan fingerprint density at radius 3 is 2.93 bits per heavy atom. The number of fused-ring (bicyclic) bond motifs is 1. The second-order valence-electron chi connectivity index (χ2n) is 3.17. The van der Waals surface area contributed by atoms with Crippen LogP contribution in [0.2, 0.25) is 0 Å². The smallest absolute Gasteiger partial charge is 0.218 e. The topological polar surface area (TPSA) is 43.1 Å². The van der Waals surface area contributed by atoms with Crippen LogP contribution in [0.4, 0.5) is 0 Å². The molecule has 2 rings (SSSR count). The first kappa shape index (κ1) is 10.5. The average molecular weight is 237 g/mol. The van der Waals surface area contributed by atoms with Gasteiger partial charge in [-0.25, -0.2) is 0 Å². The molecule has 0 spiro atoms. The van der Waals surface area contributed by atoms with Crippen LogP contribution in [0.25, 0.3) is 10.1 Å². The average Bonchev–Trinajstić information content (AvgIpc) is 2.59. The van der Waals surface area contributed by atoms with Gasteiger partial charge in [-0.3, -0.25) is 4.79 Å². The van der Waals surface area contributed by atoms with Gasteiger partial charge in [0, 0.05) is 16.9 Å². The van der Waals surface area contributed by atoms with E-state index in [-0.39, 0.29) is 5.91 Å².